The Labute approximate surface area is 212 Å². The van der Waals surface area contributed by atoms with Crippen LogP contribution in [-0.2, 0) is 16.6 Å². The number of ketones is 1. The van der Waals surface area contributed by atoms with Crippen LogP contribution in [0.25, 0.3) is 11.3 Å². The summed E-state index contributed by atoms with van der Waals surface area (Å²) in [5.74, 6) is 0.583. The Morgan fingerprint density at radius 1 is 1.09 bits per heavy atom. The first kappa shape index (κ1) is 27.2. The summed E-state index contributed by atoms with van der Waals surface area (Å²) in [6.45, 7) is 6.35. The molecular weight excluding hydrogens is 468 g/mol. The number of carbonyl (C=O) groups is 2. The van der Waals surface area contributed by atoms with Crippen molar-refractivity contribution in [1.29, 1.82) is 0 Å². The molecule has 0 fully saturated rings. The van der Waals surface area contributed by atoms with Crippen LogP contribution in [-0.4, -0.2) is 34.7 Å². The largest absolute Gasteiger partial charge is 0.342 e. The number of hydrogen-bond acceptors (Lipinski definition) is 5. The van der Waals surface area contributed by atoms with Gasteiger partial charge in [-0.1, -0.05) is 63.2 Å². The first-order chi connectivity index (χ1) is 15.3. The third kappa shape index (κ3) is 7.73. The van der Waals surface area contributed by atoms with Gasteiger partial charge in [-0.2, -0.15) is 25.3 Å². The van der Waals surface area contributed by atoms with Gasteiger partial charge in [-0.15, -0.1) is 11.3 Å². The second kappa shape index (κ2) is 12.4. The fourth-order valence-corrected chi connectivity index (χ4v) is 4.61. The molecule has 0 aliphatic heterocycles. The van der Waals surface area contributed by atoms with Crippen LogP contribution in [0.5, 0.6) is 0 Å². The van der Waals surface area contributed by atoms with Gasteiger partial charge >= 0.3 is 0 Å². The quantitative estimate of drug-likeness (QED) is 0.398. The van der Waals surface area contributed by atoms with Gasteiger partial charge in [0, 0.05) is 16.5 Å². The van der Waals surface area contributed by atoms with Gasteiger partial charge < -0.3 is 5.32 Å². The molecule has 1 amide bonds. The average Bonchev–Trinajstić information content (AvgIpc) is 3.25. The summed E-state index contributed by atoms with van der Waals surface area (Å²) in [4.78, 5) is 30.7. The number of thiazole rings is 1. The molecule has 0 spiro atoms. The molecule has 0 aliphatic rings. The predicted molar refractivity (Wildman–Crippen MR) is 146 cm³/mol. The van der Waals surface area contributed by atoms with E-state index in [9.17, 15) is 9.59 Å². The van der Waals surface area contributed by atoms with Crippen molar-refractivity contribution in [2.75, 3.05) is 12.0 Å². The summed E-state index contributed by atoms with van der Waals surface area (Å²) in [5, 5.41) is 5.73. The molecule has 4 nitrogen and oxygen atoms in total. The van der Waals surface area contributed by atoms with Crippen LogP contribution in [0.2, 0.25) is 0 Å². The summed E-state index contributed by atoms with van der Waals surface area (Å²) in [5.41, 5.74) is 3.54. The van der Waals surface area contributed by atoms with E-state index in [4.69, 9.17) is 0 Å². The van der Waals surface area contributed by atoms with Gasteiger partial charge in [0.25, 0.3) is 5.91 Å². The summed E-state index contributed by atoms with van der Waals surface area (Å²) < 4.78 is 0. The molecule has 0 saturated carbocycles. The van der Waals surface area contributed by atoms with Gasteiger partial charge in [0.15, 0.2) is 5.78 Å². The Kier molecular flexibility index (Phi) is 10.2. The number of amides is 1. The molecule has 3 aromatic rings. The van der Waals surface area contributed by atoms with Crippen molar-refractivity contribution in [3.05, 3.63) is 76.1 Å². The number of aromatic nitrogens is 1. The molecule has 176 valence electrons. The SMILES string of the molecule is CSCC[C@H](NC(=O)c1cccc(C(C)(C)C)c1)C(=O)Cc1nc(-c2ccccc2)cs1.S. The van der Waals surface area contributed by atoms with Crippen LogP contribution < -0.4 is 5.32 Å². The monoisotopic (exact) mass is 500 g/mol. The Balaban J connectivity index is 0.00000385. The van der Waals surface area contributed by atoms with E-state index >= 15 is 0 Å². The molecule has 7 heteroatoms. The lowest BCUT2D eigenvalue weighted by molar-refractivity contribution is -0.120. The van der Waals surface area contributed by atoms with E-state index in [1.807, 2.05) is 60.2 Å². The lowest BCUT2D eigenvalue weighted by Crippen LogP contribution is -2.42. The van der Waals surface area contributed by atoms with Gasteiger partial charge in [-0.05, 0) is 41.5 Å². The number of hydrogen-bond donors (Lipinski definition) is 1. The first-order valence-electron chi connectivity index (χ1n) is 10.7. The molecule has 0 bridgehead atoms. The summed E-state index contributed by atoms with van der Waals surface area (Å²) in [6.07, 6.45) is 2.82. The third-order valence-corrected chi connectivity index (χ3v) is 6.73. The van der Waals surface area contributed by atoms with Crippen molar-refractivity contribution in [3.8, 4) is 11.3 Å². The summed E-state index contributed by atoms with van der Waals surface area (Å²) >= 11 is 3.15. The molecule has 3 rings (SSSR count). The molecule has 0 saturated heterocycles. The molecule has 1 aromatic heterocycles. The van der Waals surface area contributed by atoms with E-state index in [-0.39, 0.29) is 37.0 Å². The Morgan fingerprint density at radius 2 is 1.82 bits per heavy atom. The maximum atomic E-state index is 13.1. The fourth-order valence-electron chi connectivity index (χ4n) is 3.32. The predicted octanol–water partition coefficient (Wildman–Crippen LogP) is 5.88. The van der Waals surface area contributed by atoms with Crippen molar-refractivity contribution in [1.82, 2.24) is 10.3 Å². The molecule has 1 atom stereocenters. The van der Waals surface area contributed by atoms with Crippen LogP contribution >= 0.6 is 36.6 Å². The third-order valence-electron chi connectivity index (χ3n) is 5.24. The van der Waals surface area contributed by atoms with Gasteiger partial charge in [0.05, 0.1) is 18.2 Å². The normalized spacial score (nSPS) is 12.0. The molecule has 2 aromatic carbocycles. The molecule has 0 radical (unpaired) electrons. The second-order valence-electron chi connectivity index (χ2n) is 8.77. The van der Waals surface area contributed by atoms with Crippen LogP contribution in [0.3, 0.4) is 0 Å². The summed E-state index contributed by atoms with van der Waals surface area (Å²) in [6, 6.07) is 17.0. The zero-order valence-corrected chi connectivity index (χ0v) is 22.2. The van der Waals surface area contributed by atoms with Crippen molar-refractivity contribution < 1.29 is 9.59 Å². The molecule has 1 heterocycles. The Morgan fingerprint density at radius 3 is 2.48 bits per heavy atom. The smallest absolute Gasteiger partial charge is 0.251 e. The van der Waals surface area contributed by atoms with Crippen LogP contribution in [0.4, 0.5) is 0 Å². The number of carbonyl (C=O) groups excluding carboxylic acids is 2. The zero-order chi connectivity index (χ0) is 23.1. The average molecular weight is 501 g/mol. The highest BCUT2D eigenvalue weighted by Crippen LogP contribution is 2.24. The maximum absolute atomic E-state index is 13.1. The highest BCUT2D eigenvalue weighted by atomic mass is 32.2. The topological polar surface area (TPSA) is 59.1 Å². The van der Waals surface area contributed by atoms with E-state index in [2.05, 4.69) is 31.1 Å². The Bertz CT molecular complexity index is 1060. The second-order valence-corrected chi connectivity index (χ2v) is 10.7. The fraction of sp³-hybridized carbons (Fsp3) is 0.346. The first-order valence-corrected chi connectivity index (χ1v) is 13.0. The van der Waals surface area contributed by atoms with Crippen molar-refractivity contribution in [2.24, 2.45) is 0 Å². The molecule has 0 unspecified atom stereocenters. The molecule has 1 N–H and O–H groups in total. The van der Waals surface area contributed by atoms with E-state index in [0.29, 0.717) is 12.0 Å². The highest BCUT2D eigenvalue weighted by molar-refractivity contribution is 7.98. The minimum Gasteiger partial charge on any atom is -0.342 e. The lowest BCUT2D eigenvalue weighted by atomic mass is 9.86. The van der Waals surface area contributed by atoms with E-state index < -0.39 is 6.04 Å². The van der Waals surface area contributed by atoms with E-state index in [1.165, 1.54) is 11.3 Å². The number of rotatable bonds is 9. The molecule has 33 heavy (non-hydrogen) atoms. The maximum Gasteiger partial charge on any atom is 0.251 e. The van der Waals surface area contributed by atoms with Crippen LogP contribution in [0.15, 0.2) is 60.0 Å². The van der Waals surface area contributed by atoms with Crippen LogP contribution in [0, 0.1) is 0 Å². The van der Waals surface area contributed by atoms with Gasteiger partial charge in [-0.3, -0.25) is 9.59 Å². The van der Waals surface area contributed by atoms with Crippen molar-refractivity contribution in [2.45, 2.75) is 45.1 Å². The number of benzene rings is 2. The van der Waals surface area contributed by atoms with Gasteiger partial charge in [0.2, 0.25) is 0 Å². The Hall–Kier alpha value is -2.09. The lowest BCUT2D eigenvalue weighted by Gasteiger charge is -2.21. The zero-order valence-electron chi connectivity index (χ0n) is 19.6. The molecule has 0 aliphatic carbocycles. The minimum absolute atomic E-state index is 0. The van der Waals surface area contributed by atoms with Crippen molar-refractivity contribution in [3.63, 3.8) is 0 Å². The minimum atomic E-state index is -0.530. The number of nitrogens with one attached hydrogen (secondary N) is 1. The van der Waals surface area contributed by atoms with Crippen LogP contribution in [0.1, 0.15) is 48.1 Å². The van der Waals surface area contributed by atoms with Gasteiger partial charge in [-0.25, -0.2) is 4.98 Å². The summed E-state index contributed by atoms with van der Waals surface area (Å²) in [7, 11) is 0. The number of nitrogens with zero attached hydrogens (tertiary/aromatic N) is 1. The standard InChI is InChI=1S/C26H30N2O2S2.H2S/c1-26(2,3)20-12-8-11-19(15-20)25(30)28-21(13-14-31-4)23(29)16-24-27-22(17-32-24)18-9-6-5-7-10-18;/h5-12,15,17,21H,13-14,16H2,1-4H3,(H,28,30);1H2/t21-;/m0./s1. The molecular formula is C26H32N2O2S3. The highest BCUT2D eigenvalue weighted by Gasteiger charge is 2.23. The van der Waals surface area contributed by atoms with Gasteiger partial charge in [0.1, 0.15) is 5.01 Å². The van der Waals surface area contributed by atoms with E-state index in [1.54, 1.807) is 17.8 Å². The number of thioether (sulfide) groups is 1. The number of Topliss-reactive ketones (excluding diaryl/α,β-unsaturated/α-hetero) is 1. The van der Waals surface area contributed by atoms with E-state index in [0.717, 1.165) is 27.6 Å². The van der Waals surface area contributed by atoms with Crippen molar-refractivity contribution >= 4 is 48.3 Å².